The van der Waals surface area contributed by atoms with E-state index in [-0.39, 0.29) is 12.4 Å². The highest BCUT2D eigenvalue weighted by Gasteiger charge is 2.30. The van der Waals surface area contributed by atoms with Gasteiger partial charge in [0.2, 0.25) is 0 Å². The third kappa shape index (κ3) is 4.75. The molecule has 0 fully saturated rings. The minimum Gasteiger partial charge on any atom is -0.465 e. The van der Waals surface area contributed by atoms with Crippen LogP contribution >= 0.6 is 12.4 Å². The Bertz CT molecular complexity index is 1280. The third-order valence-electron chi connectivity index (χ3n) is 4.56. The molecule has 5 N–H and O–H groups in total. The van der Waals surface area contributed by atoms with Gasteiger partial charge in [-0.05, 0) is 32.9 Å². The molecule has 32 heavy (non-hydrogen) atoms. The van der Waals surface area contributed by atoms with Gasteiger partial charge in [-0.3, -0.25) is 4.90 Å². The number of benzene rings is 2. The van der Waals surface area contributed by atoms with Gasteiger partial charge in [0.05, 0.1) is 22.4 Å². The van der Waals surface area contributed by atoms with Gasteiger partial charge in [0, 0.05) is 40.8 Å². The largest absolute Gasteiger partial charge is 0.465 e. The first-order valence-electron chi connectivity index (χ1n) is 9.11. The Morgan fingerprint density at radius 3 is 1.81 bits per heavy atom. The molecule has 11 heteroatoms. The molecule has 1 amide bonds. The second-order valence-corrected chi connectivity index (χ2v) is 7.83. The van der Waals surface area contributed by atoms with Crippen LogP contribution in [-0.2, 0) is 0 Å². The normalized spacial score (nSPS) is 11.1. The molecule has 0 bridgehead atoms. The van der Waals surface area contributed by atoms with Crippen molar-refractivity contribution in [3.63, 3.8) is 0 Å². The number of amides is 1. The summed E-state index contributed by atoms with van der Waals surface area (Å²) >= 11 is 0. The second kappa shape index (κ2) is 8.99. The molecule has 172 valence electrons. The highest BCUT2D eigenvalue weighted by molar-refractivity contribution is 6.01. The van der Waals surface area contributed by atoms with E-state index in [4.69, 9.17) is 5.73 Å². The topological polar surface area (TPSA) is 98.1 Å². The molecule has 0 saturated carbocycles. The zero-order valence-corrected chi connectivity index (χ0v) is 18.1. The van der Waals surface area contributed by atoms with Gasteiger partial charge in [-0.2, -0.15) is 0 Å². The van der Waals surface area contributed by atoms with Crippen LogP contribution in [0.4, 0.5) is 33.7 Å². The SMILES string of the molecule is CC(C)(C)N(C(=O)O)c1c[nH]c2cc(F)c(F)cc12.Cl.Nc1c[nH]c2cc(F)c(F)cc12. The van der Waals surface area contributed by atoms with Crippen molar-refractivity contribution in [2.45, 2.75) is 26.3 Å². The van der Waals surface area contributed by atoms with Crippen molar-refractivity contribution in [2.24, 2.45) is 0 Å². The number of aromatic amines is 2. The summed E-state index contributed by atoms with van der Waals surface area (Å²) in [7, 11) is 0. The van der Waals surface area contributed by atoms with Crippen molar-refractivity contribution in [1.82, 2.24) is 9.97 Å². The van der Waals surface area contributed by atoms with Crippen LogP contribution in [0.2, 0.25) is 0 Å². The Morgan fingerprint density at radius 2 is 1.31 bits per heavy atom. The van der Waals surface area contributed by atoms with Crippen LogP contribution in [0.15, 0.2) is 36.7 Å². The Labute approximate surface area is 186 Å². The Morgan fingerprint density at radius 1 is 0.875 bits per heavy atom. The van der Waals surface area contributed by atoms with Crippen LogP contribution in [0.25, 0.3) is 21.8 Å². The van der Waals surface area contributed by atoms with E-state index in [0.717, 1.165) is 29.2 Å². The maximum atomic E-state index is 13.3. The van der Waals surface area contributed by atoms with Gasteiger partial charge in [-0.1, -0.05) is 0 Å². The summed E-state index contributed by atoms with van der Waals surface area (Å²) < 4.78 is 51.7. The quantitative estimate of drug-likeness (QED) is 0.249. The fourth-order valence-electron chi connectivity index (χ4n) is 3.18. The third-order valence-corrected chi connectivity index (χ3v) is 4.56. The van der Waals surface area contributed by atoms with Crippen LogP contribution in [0.3, 0.4) is 0 Å². The van der Waals surface area contributed by atoms with Crippen molar-refractivity contribution in [3.05, 3.63) is 59.9 Å². The maximum absolute atomic E-state index is 13.3. The minimum atomic E-state index is -1.15. The maximum Gasteiger partial charge on any atom is 0.412 e. The van der Waals surface area contributed by atoms with Gasteiger partial charge in [0.1, 0.15) is 0 Å². The van der Waals surface area contributed by atoms with Crippen molar-refractivity contribution >= 4 is 51.7 Å². The lowest BCUT2D eigenvalue weighted by Gasteiger charge is -2.32. The summed E-state index contributed by atoms with van der Waals surface area (Å²) in [4.78, 5) is 18.0. The lowest BCUT2D eigenvalue weighted by Crippen LogP contribution is -2.45. The fraction of sp³-hybridized carbons (Fsp3) is 0.190. The summed E-state index contributed by atoms with van der Waals surface area (Å²) in [6.07, 6.45) is 1.78. The van der Waals surface area contributed by atoms with Crippen LogP contribution < -0.4 is 10.6 Å². The number of aromatic nitrogens is 2. The minimum absolute atomic E-state index is 0. The average Bonchev–Trinajstić information content (AvgIpc) is 3.20. The summed E-state index contributed by atoms with van der Waals surface area (Å²) in [6.45, 7) is 5.17. The van der Waals surface area contributed by atoms with E-state index in [1.165, 1.54) is 12.4 Å². The fourth-order valence-corrected chi connectivity index (χ4v) is 3.18. The molecule has 0 spiro atoms. The lowest BCUT2D eigenvalue weighted by molar-refractivity contribution is 0.196. The van der Waals surface area contributed by atoms with E-state index < -0.39 is 34.9 Å². The molecule has 4 aromatic rings. The highest BCUT2D eigenvalue weighted by atomic mass is 35.5. The molecule has 4 rings (SSSR count). The number of nitrogens with two attached hydrogens (primary N) is 1. The number of rotatable bonds is 1. The molecular formula is C21H21ClF4N4O2. The Hall–Kier alpha value is -3.40. The van der Waals surface area contributed by atoms with Gasteiger partial charge >= 0.3 is 6.09 Å². The molecule has 0 unspecified atom stereocenters. The van der Waals surface area contributed by atoms with Crippen LogP contribution in [0.1, 0.15) is 20.8 Å². The van der Waals surface area contributed by atoms with Crippen molar-refractivity contribution < 1.29 is 27.5 Å². The van der Waals surface area contributed by atoms with Crippen LogP contribution in [0.5, 0.6) is 0 Å². The number of nitrogens with zero attached hydrogens (tertiary/aromatic N) is 1. The number of carbonyl (C=O) groups is 1. The van der Waals surface area contributed by atoms with Crippen LogP contribution in [-0.4, -0.2) is 26.7 Å². The average molecular weight is 473 g/mol. The number of hydrogen-bond donors (Lipinski definition) is 4. The van der Waals surface area contributed by atoms with E-state index in [1.807, 2.05) is 0 Å². The molecule has 6 nitrogen and oxygen atoms in total. The molecule has 2 aromatic carbocycles. The molecule has 0 atom stereocenters. The zero-order valence-electron chi connectivity index (χ0n) is 17.3. The van der Waals surface area contributed by atoms with E-state index in [2.05, 4.69) is 9.97 Å². The number of anilines is 2. The van der Waals surface area contributed by atoms with E-state index in [1.54, 1.807) is 20.8 Å². The van der Waals surface area contributed by atoms with Crippen molar-refractivity contribution in [3.8, 4) is 0 Å². The molecule has 2 aromatic heterocycles. The predicted octanol–water partition coefficient (Wildman–Crippen LogP) is 6.18. The number of nitrogen functional groups attached to an aromatic ring is 1. The predicted molar refractivity (Wildman–Crippen MR) is 118 cm³/mol. The first-order chi connectivity index (χ1) is 14.4. The number of halogens is 5. The van der Waals surface area contributed by atoms with Gasteiger partial charge < -0.3 is 20.8 Å². The summed E-state index contributed by atoms with van der Waals surface area (Å²) in [5.74, 6) is -3.73. The smallest absolute Gasteiger partial charge is 0.412 e. The summed E-state index contributed by atoms with van der Waals surface area (Å²) in [6, 6.07) is 4.17. The van der Waals surface area contributed by atoms with E-state index in [9.17, 15) is 27.5 Å². The first kappa shape index (κ1) is 24.9. The molecule has 0 saturated heterocycles. The van der Waals surface area contributed by atoms with Gasteiger partial charge in [0.15, 0.2) is 23.3 Å². The number of carboxylic acid groups (broad SMARTS) is 1. The Balaban J connectivity index is 0.000000241. The van der Waals surface area contributed by atoms with Gasteiger partial charge in [-0.25, -0.2) is 22.4 Å². The summed E-state index contributed by atoms with van der Waals surface area (Å²) in [5, 5.41) is 10.1. The zero-order chi connectivity index (χ0) is 23.1. The number of hydrogen-bond acceptors (Lipinski definition) is 2. The molecule has 0 aliphatic carbocycles. The van der Waals surface area contributed by atoms with Crippen molar-refractivity contribution in [2.75, 3.05) is 10.6 Å². The molecule has 0 radical (unpaired) electrons. The Kier molecular flexibility index (Phi) is 6.99. The number of fused-ring (bicyclic) bond motifs is 2. The highest BCUT2D eigenvalue weighted by Crippen LogP contribution is 2.32. The van der Waals surface area contributed by atoms with E-state index >= 15 is 0 Å². The number of H-pyrrole nitrogens is 2. The van der Waals surface area contributed by atoms with Crippen molar-refractivity contribution in [1.29, 1.82) is 0 Å². The molecular weight excluding hydrogens is 452 g/mol. The number of nitrogens with one attached hydrogen (secondary N) is 2. The first-order valence-corrected chi connectivity index (χ1v) is 9.11. The van der Waals surface area contributed by atoms with Gasteiger partial charge in [0.25, 0.3) is 0 Å². The lowest BCUT2D eigenvalue weighted by atomic mass is 10.1. The standard InChI is InChI=1S/C13H14F2N2O2.C8H6F2N2.ClH/c1-13(2,3)17(12(18)19)11-6-16-10-5-9(15)8(14)4-7(10)11;9-5-1-4-7(11)3-12-8(4)2-6(5)10;/h4-6,16H,1-3H3,(H,18,19);1-3,12H,11H2;1H. The monoisotopic (exact) mass is 472 g/mol. The van der Waals surface area contributed by atoms with Gasteiger partial charge in [-0.15, -0.1) is 12.4 Å². The molecule has 0 aliphatic rings. The molecule has 2 heterocycles. The summed E-state index contributed by atoms with van der Waals surface area (Å²) in [5.41, 5.74) is 6.35. The van der Waals surface area contributed by atoms with Crippen LogP contribution in [0, 0.1) is 23.3 Å². The second-order valence-electron chi connectivity index (χ2n) is 7.83. The molecule has 0 aliphatic heterocycles. The van der Waals surface area contributed by atoms with E-state index in [0.29, 0.717) is 33.2 Å².